The van der Waals surface area contributed by atoms with E-state index in [9.17, 15) is 9.59 Å². The van der Waals surface area contributed by atoms with Crippen LogP contribution in [0.25, 0.3) is 0 Å². The molecule has 3 rings (SSSR count). The maximum absolute atomic E-state index is 12.4. The van der Waals surface area contributed by atoms with Crippen molar-refractivity contribution in [3.05, 3.63) is 47.2 Å². The summed E-state index contributed by atoms with van der Waals surface area (Å²) in [4.78, 5) is 26.3. The molecular formula is C18H22N2O4. The molecule has 2 atom stereocenters. The van der Waals surface area contributed by atoms with Gasteiger partial charge in [0.1, 0.15) is 17.9 Å². The second-order valence-corrected chi connectivity index (χ2v) is 6.07. The Morgan fingerprint density at radius 3 is 2.83 bits per heavy atom. The lowest BCUT2D eigenvalue weighted by Gasteiger charge is -2.36. The number of piperazine rings is 1. The van der Waals surface area contributed by atoms with Crippen molar-refractivity contribution < 1.29 is 19.1 Å². The zero-order valence-electron chi connectivity index (χ0n) is 14.0. The highest BCUT2D eigenvalue weighted by Crippen LogP contribution is 2.29. The predicted octanol–water partition coefficient (Wildman–Crippen LogP) is 1.40. The number of rotatable bonds is 4. The van der Waals surface area contributed by atoms with Crippen LogP contribution in [0.2, 0.25) is 0 Å². The number of carbonyl (C=O) groups excluding carboxylic acids is 2. The molecule has 0 saturated carbocycles. The first-order valence-electron chi connectivity index (χ1n) is 8.11. The van der Waals surface area contributed by atoms with Crippen molar-refractivity contribution in [2.75, 3.05) is 26.7 Å². The summed E-state index contributed by atoms with van der Waals surface area (Å²) in [6.45, 7) is 3.73. The van der Waals surface area contributed by atoms with Crippen LogP contribution in [0.4, 0.5) is 0 Å². The number of hydrogen-bond donors (Lipinski definition) is 1. The van der Waals surface area contributed by atoms with Crippen molar-refractivity contribution >= 4 is 11.9 Å². The molecule has 0 radical (unpaired) electrons. The number of methoxy groups -OCH3 is 1. The van der Waals surface area contributed by atoms with E-state index >= 15 is 0 Å². The Bertz CT molecular complexity index is 656. The van der Waals surface area contributed by atoms with Crippen LogP contribution in [0.5, 0.6) is 0 Å². The number of nitrogens with one attached hydrogen (secondary N) is 1. The fourth-order valence-corrected chi connectivity index (χ4v) is 3.36. The van der Waals surface area contributed by atoms with Crippen molar-refractivity contribution in [1.82, 2.24) is 10.2 Å². The summed E-state index contributed by atoms with van der Waals surface area (Å²) in [7, 11) is 1.37. The molecule has 6 nitrogen and oxygen atoms in total. The van der Waals surface area contributed by atoms with Gasteiger partial charge in [-0.2, -0.15) is 0 Å². The monoisotopic (exact) mass is 330 g/mol. The van der Waals surface area contributed by atoms with Gasteiger partial charge in [-0.05, 0) is 12.5 Å². The van der Waals surface area contributed by atoms with Gasteiger partial charge in [0.25, 0.3) is 0 Å². The van der Waals surface area contributed by atoms with E-state index in [1.54, 1.807) is 6.92 Å². The molecular weight excluding hydrogens is 308 g/mol. The van der Waals surface area contributed by atoms with E-state index in [1.165, 1.54) is 7.11 Å². The molecule has 2 heterocycles. The van der Waals surface area contributed by atoms with Crippen LogP contribution in [0, 0.1) is 0 Å². The van der Waals surface area contributed by atoms with Gasteiger partial charge >= 0.3 is 5.97 Å². The number of hydrogen-bond acceptors (Lipinski definition) is 5. The fraction of sp³-hybridized carbons (Fsp3) is 0.444. The molecule has 128 valence electrons. The lowest BCUT2D eigenvalue weighted by Crippen LogP contribution is -2.51. The third kappa shape index (κ3) is 3.28. The topological polar surface area (TPSA) is 67.9 Å². The van der Waals surface area contributed by atoms with E-state index in [-0.39, 0.29) is 24.0 Å². The Morgan fingerprint density at radius 2 is 2.12 bits per heavy atom. The first kappa shape index (κ1) is 16.5. The molecule has 2 aliphatic rings. The van der Waals surface area contributed by atoms with Crippen molar-refractivity contribution in [2.24, 2.45) is 0 Å². The zero-order chi connectivity index (χ0) is 17.1. The Balaban J connectivity index is 1.72. The number of carbonyl (C=O) groups is 2. The third-order valence-corrected chi connectivity index (χ3v) is 4.50. The lowest BCUT2D eigenvalue weighted by atomic mass is 10.0. The SMILES string of the molecule is COC(=O)C1=C(C)OC(CN2CCNC(=O)C2c2ccccc2)C1. The minimum absolute atomic E-state index is 0.00307. The molecule has 1 aromatic carbocycles. The number of nitrogens with zero attached hydrogens (tertiary/aromatic N) is 1. The van der Waals surface area contributed by atoms with E-state index in [4.69, 9.17) is 9.47 Å². The molecule has 0 aliphatic carbocycles. The summed E-state index contributed by atoms with van der Waals surface area (Å²) in [5.74, 6) is 0.277. The third-order valence-electron chi connectivity index (χ3n) is 4.50. The second-order valence-electron chi connectivity index (χ2n) is 6.07. The van der Waals surface area contributed by atoms with E-state index in [0.29, 0.717) is 30.8 Å². The molecule has 1 saturated heterocycles. The van der Waals surface area contributed by atoms with E-state index in [0.717, 1.165) is 12.1 Å². The highest BCUT2D eigenvalue weighted by atomic mass is 16.5. The van der Waals surface area contributed by atoms with Crippen molar-refractivity contribution in [3.8, 4) is 0 Å². The Hall–Kier alpha value is -2.34. The van der Waals surface area contributed by atoms with Gasteiger partial charge in [-0.1, -0.05) is 30.3 Å². The standard InChI is InChI=1S/C18H22N2O4/c1-12-15(18(22)23-2)10-14(24-12)11-20-9-8-19-17(21)16(20)13-6-4-3-5-7-13/h3-7,14,16H,8-11H2,1-2H3,(H,19,21). The molecule has 1 N–H and O–H groups in total. The molecule has 2 unspecified atom stereocenters. The Kier molecular flexibility index (Phi) is 4.85. The average Bonchev–Trinajstić information content (AvgIpc) is 2.95. The van der Waals surface area contributed by atoms with Crippen LogP contribution >= 0.6 is 0 Å². The van der Waals surface area contributed by atoms with Gasteiger partial charge in [-0.25, -0.2) is 4.79 Å². The van der Waals surface area contributed by atoms with E-state index in [1.807, 2.05) is 30.3 Å². The number of allylic oxidation sites excluding steroid dienone is 1. The first-order valence-corrected chi connectivity index (χ1v) is 8.11. The van der Waals surface area contributed by atoms with Gasteiger partial charge in [-0.15, -0.1) is 0 Å². The molecule has 1 amide bonds. The van der Waals surface area contributed by atoms with Crippen LogP contribution in [-0.2, 0) is 19.1 Å². The molecule has 0 bridgehead atoms. The van der Waals surface area contributed by atoms with Crippen LogP contribution in [0.3, 0.4) is 0 Å². The first-order chi connectivity index (χ1) is 11.6. The van der Waals surface area contributed by atoms with Gasteiger partial charge < -0.3 is 14.8 Å². The highest BCUT2D eigenvalue weighted by molar-refractivity contribution is 5.89. The summed E-state index contributed by atoms with van der Waals surface area (Å²) < 4.78 is 10.6. The quantitative estimate of drug-likeness (QED) is 0.845. The van der Waals surface area contributed by atoms with Crippen molar-refractivity contribution in [3.63, 3.8) is 0 Å². The zero-order valence-corrected chi connectivity index (χ0v) is 14.0. The van der Waals surface area contributed by atoms with Gasteiger partial charge in [0, 0.05) is 26.1 Å². The minimum Gasteiger partial charge on any atom is -0.493 e. The summed E-state index contributed by atoms with van der Waals surface area (Å²) in [6.07, 6.45) is 0.370. The number of ether oxygens (including phenoxy) is 2. The molecule has 0 spiro atoms. The molecule has 1 fully saturated rings. The molecule has 1 aromatic rings. The number of amides is 1. The predicted molar refractivity (Wildman–Crippen MR) is 88.0 cm³/mol. The highest BCUT2D eigenvalue weighted by Gasteiger charge is 2.36. The van der Waals surface area contributed by atoms with Gasteiger partial charge in [0.15, 0.2) is 0 Å². The molecule has 6 heteroatoms. The van der Waals surface area contributed by atoms with Crippen LogP contribution < -0.4 is 5.32 Å². The normalized spacial score (nSPS) is 24.5. The summed E-state index contributed by atoms with van der Waals surface area (Å²) >= 11 is 0. The lowest BCUT2D eigenvalue weighted by molar-refractivity contribution is -0.136. The molecule has 0 aromatic heterocycles. The summed E-state index contributed by atoms with van der Waals surface area (Å²) in [6, 6.07) is 9.39. The summed E-state index contributed by atoms with van der Waals surface area (Å²) in [5, 5.41) is 2.92. The largest absolute Gasteiger partial charge is 0.493 e. The van der Waals surface area contributed by atoms with Crippen LogP contribution in [-0.4, -0.2) is 49.6 Å². The van der Waals surface area contributed by atoms with Crippen LogP contribution in [0.15, 0.2) is 41.7 Å². The van der Waals surface area contributed by atoms with Gasteiger partial charge in [0.05, 0.1) is 12.7 Å². The maximum atomic E-state index is 12.4. The molecule has 2 aliphatic heterocycles. The van der Waals surface area contributed by atoms with Crippen molar-refractivity contribution in [2.45, 2.75) is 25.5 Å². The van der Waals surface area contributed by atoms with Gasteiger partial charge in [0.2, 0.25) is 5.91 Å². The second kappa shape index (κ2) is 7.05. The Labute approximate surface area is 141 Å². The smallest absolute Gasteiger partial charge is 0.337 e. The van der Waals surface area contributed by atoms with Crippen LogP contribution in [0.1, 0.15) is 24.9 Å². The molecule has 24 heavy (non-hydrogen) atoms. The Morgan fingerprint density at radius 1 is 1.38 bits per heavy atom. The number of esters is 1. The maximum Gasteiger partial charge on any atom is 0.337 e. The fourth-order valence-electron chi connectivity index (χ4n) is 3.36. The average molecular weight is 330 g/mol. The van der Waals surface area contributed by atoms with E-state index < -0.39 is 0 Å². The van der Waals surface area contributed by atoms with E-state index in [2.05, 4.69) is 10.2 Å². The summed E-state index contributed by atoms with van der Waals surface area (Å²) in [5.41, 5.74) is 1.55. The van der Waals surface area contributed by atoms with Gasteiger partial charge in [-0.3, -0.25) is 9.69 Å². The van der Waals surface area contributed by atoms with Crippen molar-refractivity contribution in [1.29, 1.82) is 0 Å². The number of benzene rings is 1. The minimum atomic E-state index is -0.342.